The molecule has 1 aromatic heterocycles. The topological polar surface area (TPSA) is 29.9 Å². The van der Waals surface area contributed by atoms with Crippen molar-refractivity contribution in [1.82, 2.24) is 14.9 Å². The first-order valence-corrected chi connectivity index (χ1v) is 7.40. The molecule has 2 heterocycles. The third-order valence-electron chi connectivity index (χ3n) is 4.61. The summed E-state index contributed by atoms with van der Waals surface area (Å²) in [7, 11) is 2.15. The highest BCUT2D eigenvalue weighted by Gasteiger charge is 2.25. The fourth-order valence-electron chi connectivity index (χ4n) is 3.34. The molecule has 2 unspecified atom stereocenters. The molecule has 0 amide bonds. The van der Waals surface area contributed by atoms with E-state index in [0.717, 1.165) is 30.3 Å². The average molecular weight is 257 g/mol. The lowest BCUT2D eigenvalue weighted by molar-refractivity contribution is 0.242. The van der Waals surface area contributed by atoms with E-state index in [1.807, 2.05) is 0 Å². The minimum absolute atomic E-state index is 0.779. The lowest BCUT2D eigenvalue weighted by Gasteiger charge is -2.31. The molecule has 1 aliphatic rings. The summed E-state index contributed by atoms with van der Waals surface area (Å²) in [6.45, 7) is 4.63. The van der Waals surface area contributed by atoms with Crippen LogP contribution in [0.5, 0.6) is 0 Å². The molecule has 1 aliphatic heterocycles. The van der Waals surface area contributed by atoms with Gasteiger partial charge in [0.2, 0.25) is 0 Å². The Morgan fingerprint density at radius 1 is 1.32 bits per heavy atom. The van der Waals surface area contributed by atoms with Crippen LogP contribution >= 0.6 is 0 Å². The third kappa shape index (κ3) is 2.39. The van der Waals surface area contributed by atoms with Gasteiger partial charge < -0.3 is 9.88 Å². The van der Waals surface area contributed by atoms with Gasteiger partial charge in [-0.25, -0.2) is 4.98 Å². The summed E-state index contributed by atoms with van der Waals surface area (Å²) >= 11 is 0. The molecule has 0 bridgehead atoms. The molecule has 1 fully saturated rings. The number of nitrogens with zero attached hydrogens (tertiary/aromatic N) is 2. The molecule has 102 valence electrons. The van der Waals surface area contributed by atoms with Crippen LogP contribution in [0.4, 0.5) is 0 Å². The van der Waals surface area contributed by atoms with Crippen LogP contribution in [0.25, 0.3) is 11.0 Å². The van der Waals surface area contributed by atoms with E-state index in [1.165, 1.54) is 30.7 Å². The van der Waals surface area contributed by atoms with Crippen molar-refractivity contribution in [3.8, 4) is 0 Å². The number of aromatic nitrogens is 2. The number of hydrogen-bond donors (Lipinski definition) is 1. The van der Waals surface area contributed by atoms with E-state index in [9.17, 15) is 0 Å². The monoisotopic (exact) mass is 257 g/mol. The Morgan fingerprint density at radius 2 is 2.16 bits per heavy atom. The van der Waals surface area contributed by atoms with Crippen molar-refractivity contribution in [3.05, 3.63) is 30.1 Å². The first-order chi connectivity index (χ1) is 9.29. The zero-order valence-electron chi connectivity index (χ0n) is 11.9. The molecule has 19 heavy (non-hydrogen) atoms. The quantitative estimate of drug-likeness (QED) is 0.916. The molecule has 1 aromatic carbocycles. The highest BCUT2D eigenvalue weighted by atomic mass is 15.1. The van der Waals surface area contributed by atoms with Gasteiger partial charge in [0.15, 0.2) is 0 Å². The molecule has 2 aromatic rings. The summed E-state index contributed by atoms with van der Waals surface area (Å²) in [4.78, 5) is 4.82. The van der Waals surface area contributed by atoms with Crippen LogP contribution in [-0.4, -0.2) is 22.6 Å². The number of imidazole rings is 1. The zero-order chi connectivity index (χ0) is 13.2. The Morgan fingerprint density at radius 3 is 2.95 bits per heavy atom. The predicted octanol–water partition coefficient (Wildman–Crippen LogP) is 2.75. The Kier molecular flexibility index (Phi) is 3.56. The summed E-state index contributed by atoms with van der Waals surface area (Å²) in [5, 5.41) is 3.52. The zero-order valence-corrected chi connectivity index (χ0v) is 11.9. The number of piperidine rings is 1. The summed E-state index contributed by atoms with van der Waals surface area (Å²) in [5.41, 5.74) is 2.38. The second kappa shape index (κ2) is 5.33. The summed E-state index contributed by atoms with van der Waals surface area (Å²) in [5.74, 6) is 2.82. The largest absolute Gasteiger partial charge is 0.331 e. The van der Waals surface area contributed by atoms with Gasteiger partial charge in [0, 0.05) is 13.5 Å². The van der Waals surface area contributed by atoms with Gasteiger partial charge in [0.05, 0.1) is 11.0 Å². The number of aryl methyl sites for hydroxylation is 1. The first-order valence-electron chi connectivity index (χ1n) is 7.40. The van der Waals surface area contributed by atoms with Crippen LogP contribution in [0.15, 0.2) is 24.3 Å². The highest BCUT2D eigenvalue weighted by molar-refractivity contribution is 5.75. The molecule has 3 nitrogen and oxygen atoms in total. The standard InChI is InChI=1S/C16H23N3/c1-3-12-11-17-9-8-13(12)10-16-18-14-6-4-5-7-15(14)19(16)2/h4-7,12-13,17H,3,8-11H2,1-2H3. The van der Waals surface area contributed by atoms with Crippen LogP contribution in [0.2, 0.25) is 0 Å². The first kappa shape index (κ1) is 12.7. The van der Waals surface area contributed by atoms with E-state index in [0.29, 0.717) is 0 Å². The van der Waals surface area contributed by atoms with E-state index >= 15 is 0 Å². The van der Waals surface area contributed by atoms with Gasteiger partial charge >= 0.3 is 0 Å². The van der Waals surface area contributed by atoms with E-state index in [1.54, 1.807) is 0 Å². The van der Waals surface area contributed by atoms with E-state index in [4.69, 9.17) is 4.98 Å². The SMILES string of the molecule is CCC1CNCCC1Cc1nc2ccccc2n1C. The molecular weight excluding hydrogens is 234 g/mol. The summed E-state index contributed by atoms with van der Waals surface area (Å²) < 4.78 is 2.27. The number of hydrogen-bond acceptors (Lipinski definition) is 2. The summed E-state index contributed by atoms with van der Waals surface area (Å²) in [6.07, 6.45) is 3.66. The van der Waals surface area contributed by atoms with Crippen molar-refractivity contribution in [3.63, 3.8) is 0 Å². The molecule has 1 saturated heterocycles. The molecule has 0 spiro atoms. The molecule has 0 radical (unpaired) electrons. The number of para-hydroxylation sites is 2. The maximum atomic E-state index is 4.82. The molecule has 2 atom stereocenters. The predicted molar refractivity (Wildman–Crippen MR) is 79.2 cm³/mol. The molecule has 0 aliphatic carbocycles. The van der Waals surface area contributed by atoms with Crippen molar-refractivity contribution in [1.29, 1.82) is 0 Å². The number of fused-ring (bicyclic) bond motifs is 1. The van der Waals surface area contributed by atoms with Crippen LogP contribution < -0.4 is 5.32 Å². The van der Waals surface area contributed by atoms with Gasteiger partial charge in [-0.05, 0) is 43.5 Å². The molecule has 0 saturated carbocycles. The molecular formula is C16H23N3. The van der Waals surface area contributed by atoms with Crippen LogP contribution in [0.3, 0.4) is 0 Å². The van der Waals surface area contributed by atoms with Crippen molar-refractivity contribution < 1.29 is 0 Å². The van der Waals surface area contributed by atoms with Crippen molar-refractivity contribution in [2.75, 3.05) is 13.1 Å². The van der Waals surface area contributed by atoms with Crippen molar-refractivity contribution >= 4 is 11.0 Å². The number of benzene rings is 1. The maximum absolute atomic E-state index is 4.82. The van der Waals surface area contributed by atoms with Gasteiger partial charge in [-0.1, -0.05) is 25.5 Å². The number of rotatable bonds is 3. The number of nitrogens with one attached hydrogen (secondary N) is 1. The van der Waals surface area contributed by atoms with Gasteiger partial charge in [-0.3, -0.25) is 0 Å². The van der Waals surface area contributed by atoms with Crippen LogP contribution in [0, 0.1) is 11.8 Å². The van der Waals surface area contributed by atoms with E-state index < -0.39 is 0 Å². The second-order valence-corrected chi connectivity index (χ2v) is 5.70. The molecule has 1 N–H and O–H groups in total. The lowest BCUT2D eigenvalue weighted by atomic mass is 9.82. The Balaban J connectivity index is 1.86. The lowest BCUT2D eigenvalue weighted by Crippen LogP contribution is -2.37. The van der Waals surface area contributed by atoms with Gasteiger partial charge in [-0.15, -0.1) is 0 Å². The van der Waals surface area contributed by atoms with E-state index in [-0.39, 0.29) is 0 Å². The van der Waals surface area contributed by atoms with Crippen molar-refractivity contribution in [2.24, 2.45) is 18.9 Å². The molecule has 3 heteroatoms. The Labute approximate surface area is 115 Å². The maximum Gasteiger partial charge on any atom is 0.109 e. The highest BCUT2D eigenvalue weighted by Crippen LogP contribution is 2.26. The van der Waals surface area contributed by atoms with Crippen LogP contribution in [-0.2, 0) is 13.5 Å². The normalized spacial score (nSPS) is 23.9. The van der Waals surface area contributed by atoms with Gasteiger partial charge in [-0.2, -0.15) is 0 Å². The fourth-order valence-corrected chi connectivity index (χ4v) is 3.34. The third-order valence-corrected chi connectivity index (χ3v) is 4.61. The average Bonchev–Trinajstić information content (AvgIpc) is 2.77. The van der Waals surface area contributed by atoms with Crippen molar-refractivity contribution in [2.45, 2.75) is 26.2 Å². The van der Waals surface area contributed by atoms with Gasteiger partial charge in [0.25, 0.3) is 0 Å². The van der Waals surface area contributed by atoms with E-state index in [2.05, 4.69) is 48.1 Å². The molecule has 3 rings (SSSR count). The Hall–Kier alpha value is -1.35. The van der Waals surface area contributed by atoms with Gasteiger partial charge in [0.1, 0.15) is 5.82 Å². The minimum Gasteiger partial charge on any atom is -0.331 e. The smallest absolute Gasteiger partial charge is 0.109 e. The second-order valence-electron chi connectivity index (χ2n) is 5.70. The fraction of sp³-hybridized carbons (Fsp3) is 0.562. The minimum atomic E-state index is 0.779. The van der Waals surface area contributed by atoms with Crippen LogP contribution in [0.1, 0.15) is 25.6 Å². The Bertz CT molecular complexity index is 558. The summed E-state index contributed by atoms with van der Waals surface area (Å²) in [6, 6.07) is 8.43.